The molecule has 0 saturated carbocycles. The van der Waals surface area contributed by atoms with Crippen LogP contribution >= 0.6 is 0 Å². The smallest absolute Gasteiger partial charge is 0.314 e. The summed E-state index contributed by atoms with van der Waals surface area (Å²) in [7, 11) is 1.35. The molecule has 1 aromatic rings. The zero-order chi connectivity index (χ0) is 13.8. The van der Waals surface area contributed by atoms with Crippen molar-refractivity contribution in [3.8, 4) is 5.75 Å². The summed E-state index contributed by atoms with van der Waals surface area (Å²) in [4.78, 5) is 11.5. The van der Waals surface area contributed by atoms with Crippen LogP contribution in [0.25, 0.3) is 0 Å². The highest BCUT2D eigenvalue weighted by Gasteiger charge is 2.30. The summed E-state index contributed by atoms with van der Waals surface area (Å²) in [5.41, 5.74) is -0.0150. The van der Waals surface area contributed by atoms with Crippen molar-refractivity contribution in [2.45, 2.75) is 26.9 Å². The first-order valence-corrected chi connectivity index (χ1v) is 5.86. The molecule has 0 bridgehead atoms. The van der Waals surface area contributed by atoms with Crippen molar-refractivity contribution in [3.63, 3.8) is 0 Å². The minimum atomic E-state index is -0.722. The molecule has 4 heteroatoms. The lowest BCUT2D eigenvalue weighted by atomic mass is 9.95. The van der Waals surface area contributed by atoms with Crippen LogP contribution in [-0.4, -0.2) is 24.8 Å². The number of carbonyl (C=O) groups excluding carboxylic acids is 1. The standard InChI is InChI=1S/C14H20O4/c1-10(15)11-7-5-6-8-12(11)18-9-14(2,3)13(16)17-4/h5-8,10,15H,9H2,1-4H3/t10-/m0/s1. The van der Waals surface area contributed by atoms with Gasteiger partial charge in [0.2, 0.25) is 0 Å². The zero-order valence-corrected chi connectivity index (χ0v) is 11.3. The van der Waals surface area contributed by atoms with Crippen molar-refractivity contribution in [2.24, 2.45) is 5.41 Å². The predicted octanol–water partition coefficient (Wildman–Crippen LogP) is 2.32. The lowest BCUT2D eigenvalue weighted by Gasteiger charge is -2.23. The van der Waals surface area contributed by atoms with Crippen molar-refractivity contribution < 1.29 is 19.4 Å². The minimum absolute atomic E-state index is 0.198. The van der Waals surface area contributed by atoms with Crippen molar-refractivity contribution in [2.75, 3.05) is 13.7 Å². The molecular formula is C14H20O4. The van der Waals surface area contributed by atoms with Crippen molar-refractivity contribution in [1.82, 2.24) is 0 Å². The van der Waals surface area contributed by atoms with Crippen LogP contribution < -0.4 is 4.74 Å². The number of esters is 1. The third-order valence-electron chi connectivity index (χ3n) is 2.70. The number of hydrogen-bond acceptors (Lipinski definition) is 4. The molecule has 0 heterocycles. The second-order valence-electron chi connectivity index (χ2n) is 4.88. The Labute approximate surface area is 108 Å². The van der Waals surface area contributed by atoms with E-state index in [9.17, 15) is 9.90 Å². The van der Waals surface area contributed by atoms with E-state index in [0.29, 0.717) is 11.3 Å². The summed E-state index contributed by atoms with van der Waals surface area (Å²) in [6.45, 7) is 5.38. The summed E-state index contributed by atoms with van der Waals surface area (Å²) in [6.07, 6.45) is -0.609. The van der Waals surface area contributed by atoms with Gasteiger partial charge < -0.3 is 14.6 Å². The topological polar surface area (TPSA) is 55.8 Å². The number of rotatable bonds is 5. The van der Waals surface area contributed by atoms with Crippen LogP contribution in [0.2, 0.25) is 0 Å². The first kappa shape index (κ1) is 14.5. The van der Waals surface area contributed by atoms with Crippen LogP contribution in [0, 0.1) is 5.41 Å². The number of carbonyl (C=O) groups is 1. The van der Waals surface area contributed by atoms with E-state index >= 15 is 0 Å². The number of para-hydroxylation sites is 1. The number of methoxy groups -OCH3 is 1. The summed E-state index contributed by atoms with van der Waals surface area (Å²) >= 11 is 0. The molecule has 0 aliphatic carbocycles. The number of aliphatic hydroxyl groups excluding tert-OH is 1. The van der Waals surface area contributed by atoms with E-state index in [-0.39, 0.29) is 12.6 Å². The highest BCUT2D eigenvalue weighted by molar-refractivity contribution is 5.75. The van der Waals surface area contributed by atoms with Gasteiger partial charge in [-0.05, 0) is 26.8 Å². The molecule has 0 amide bonds. The lowest BCUT2D eigenvalue weighted by molar-refractivity contribution is -0.152. The van der Waals surface area contributed by atoms with E-state index in [1.54, 1.807) is 32.9 Å². The number of aliphatic hydroxyl groups is 1. The van der Waals surface area contributed by atoms with E-state index < -0.39 is 11.5 Å². The van der Waals surface area contributed by atoms with E-state index in [1.165, 1.54) is 7.11 Å². The molecule has 0 radical (unpaired) electrons. The van der Waals surface area contributed by atoms with E-state index in [4.69, 9.17) is 9.47 Å². The van der Waals surface area contributed by atoms with Crippen LogP contribution in [0.1, 0.15) is 32.4 Å². The second-order valence-corrected chi connectivity index (χ2v) is 4.88. The molecule has 100 valence electrons. The maximum atomic E-state index is 11.5. The Hall–Kier alpha value is -1.55. The minimum Gasteiger partial charge on any atom is -0.492 e. The summed E-state index contributed by atoms with van der Waals surface area (Å²) in [5, 5.41) is 9.62. The van der Waals surface area contributed by atoms with Crippen LogP contribution in [0.4, 0.5) is 0 Å². The SMILES string of the molecule is COC(=O)C(C)(C)COc1ccccc1[C@H](C)O. The van der Waals surface area contributed by atoms with Gasteiger partial charge in [0.15, 0.2) is 0 Å². The van der Waals surface area contributed by atoms with Gasteiger partial charge in [0, 0.05) is 5.56 Å². The van der Waals surface area contributed by atoms with Gasteiger partial charge in [0.25, 0.3) is 0 Å². The summed E-state index contributed by atoms with van der Waals surface area (Å²) in [6, 6.07) is 7.23. The Morgan fingerprint density at radius 2 is 2.00 bits per heavy atom. The van der Waals surface area contributed by atoms with Gasteiger partial charge in [0.05, 0.1) is 18.6 Å². The monoisotopic (exact) mass is 252 g/mol. The molecule has 0 saturated heterocycles. The van der Waals surface area contributed by atoms with Crippen molar-refractivity contribution >= 4 is 5.97 Å². The first-order chi connectivity index (χ1) is 8.38. The summed E-state index contributed by atoms with van der Waals surface area (Å²) in [5.74, 6) is 0.265. The number of benzene rings is 1. The molecule has 4 nitrogen and oxygen atoms in total. The quantitative estimate of drug-likeness (QED) is 0.817. The molecule has 1 atom stereocenters. The highest BCUT2D eigenvalue weighted by atomic mass is 16.5. The molecule has 0 aromatic heterocycles. The zero-order valence-electron chi connectivity index (χ0n) is 11.3. The van der Waals surface area contributed by atoms with Crippen LogP contribution in [0.15, 0.2) is 24.3 Å². The molecule has 0 aliphatic heterocycles. The van der Waals surface area contributed by atoms with Crippen LogP contribution in [-0.2, 0) is 9.53 Å². The first-order valence-electron chi connectivity index (χ1n) is 5.86. The Kier molecular flexibility index (Phi) is 4.73. The van der Waals surface area contributed by atoms with Gasteiger partial charge in [-0.25, -0.2) is 0 Å². The van der Waals surface area contributed by atoms with Gasteiger partial charge in [0.1, 0.15) is 12.4 Å². The van der Waals surface area contributed by atoms with Gasteiger partial charge in [-0.1, -0.05) is 18.2 Å². The largest absolute Gasteiger partial charge is 0.492 e. The fourth-order valence-electron chi connectivity index (χ4n) is 1.55. The maximum absolute atomic E-state index is 11.5. The van der Waals surface area contributed by atoms with Crippen molar-refractivity contribution in [3.05, 3.63) is 29.8 Å². The molecule has 0 unspecified atom stereocenters. The second kappa shape index (κ2) is 5.87. The summed E-state index contributed by atoms with van der Waals surface area (Å²) < 4.78 is 10.3. The third kappa shape index (κ3) is 3.47. The van der Waals surface area contributed by atoms with Gasteiger partial charge in [-0.2, -0.15) is 0 Å². The Bertz CT molecular complexity index is 410. The Morgan fingerprint density at radius 3 is 2.56 bits per heavy atom. The van der Waals surface area contributed by atoms with E-state index in [1.807, 2.05) is 12.1 Å². The fraction of sp³-hybridized carbons (Fsp3) is 0.500. The molecule has 0 spiro atoms. The predicted molar refractivity (Wildman–Crippen MR) is 68.4 cm³/mol. The lowest BCUT2D eigenvalue weighted by Crippen LogP contribution is -2.32. The molecule has 1 rings (SSSR count). The van der Waals surface area contributed by atoms with Gasteiger partial charge in [-0.3, -0.25) is 4.79 Å². The molecule has 18 heavy (non-hydrogen) atoms. The van der Waals surface area contributed by atoms with Crippen LogP contribution in [0.5, 0.6) is 5.75 Å². The molecule has 1 aromatic carbocycles. The molecular weight excluding hydrogens is 232 g/mol. The average Bonchev–Trinajstić information content (AvgIpc) is 2.35. The van der Waals surface area contributed by atoms with Gasteiger partial charge in [-0.15, -0.1) is 0 Å². The Morgan fingerprint density at radius 1 is 1.39 bits per heavy atom. The average molecular weight is 252 g/mol. The van der Waals surface area contributed by atoms with Gasteiger partial charge >= 0.3 is 5.97 Å². The van der Waals surface area contributed by atoms with Crippen LogP contribution in [0.3, 0.4) is 0 Å². The highest BCUT2D eigenvalue weighted by Crippen LogP contribution is 2.27. The van der Waals surface area contributed by atoms with E-state index in [0.717, 1.165) is 0 Å². The maximum Gasteiger partial charge on any atom is 0.314 e. The third-order valence-corrected chi connectivity index (χ3v) is 2.70. The molecule has 0 fully saturated rings. The normalized spacial score (nSPS) is 12.9. The molecule has 1 N–H and O–H groups in total. The van der Waals surface area contributed by atoms with Crippen molar-refractivity contribution in [1.29, 1.82) is 0 Å². The fourth-order valence-corrected chi connectivity index (χ4v) is 1.55. The number of hydrogen-bond donors (Lipinski definition) is 1. The Balaban J connectivity index is 2.78. The number of ether oxygens (including phenoxy) is 2. The molecule has 0 aliphatic rings. The van der Waals surface area contributed by atoms with E-state index in [2.05, 4.69) is 0 Å².